The molecular weight excluding hydrogens is 312 g/mol. The van der Waals surface area contributed by atoms with E-state index in [0.717, 1.165) is 22.2 Å². The van der Waals surface area contributed by atoms with Crippen molar-refractivity contribution in [3.63, 3.8) is 0 Å². The third kappa shape index (κ3) is 9.10. The second-order valence-corrected chi connectivity index (χ2v) is 5.10. The third-order valence-electron chi connectivity index (χ3n) is 1.52. The number of thioether (sulfide) groups is 1. The Kier molecular flexibility index (Phi) is 9.92. The van der Waals surface area contributed by atoms with E-state index in [1.807, 2.05) is 11.8 Å². The Balaban J connectivity index is 3.47. The van der Waals surface area contributed by atoms with Crippen LogP contribution in [0.4, 0.5) is 0 Å². The van der Waals surface area contributed by atoms with Crippen LogP contribution in [0.5, 0.6) is 0 Å². The van der Waals surface area contributed by atoms with Crippen molar-refractivity contribution in [3.05, 3.63) is 23.3 Å². The van der Waals surface area contributed by atoms with Crippen LogP contribution in [0, 0.1) is 0 Å². The van der Waals surface area contributed by atoms with Gasteiger partial charge >= 0.3 is 0 Å². The molecule has 0 aromatic carbocycles. The van der Waals surface area contributed by atoms with Gasteiger partial charge in [0.15, 0.2) is 0 Å². The molecule has 0 nitrogen and oxygen atoms in total. The molecule has 3 heteroatoms. The van der Waals surface area contributed by atoms with Crippen molar-refractivity contribution < 1.29 is 0 Å². The van der Waals surface area contributed by atoms with Crippen molar-refractivity contribution in [1.82, 2.24) is 0 Å². The fourth-order valence-electron chi connectivity index (χ4n) is 0.580. The van der Waals surface area contributed by atoms with E-state index >= 15 is 0 Å². The van der Waals surface area contributed by atoms with Crippen LogP contribution in [0.15, 0.2) is 23.3 Å². The Morgan fingerprint density at radius 3 is 1.69 bits per heavy atom. The summed E-state index contributed by atoms with van der Waals surface area (Å²) in [5.41, 5.74) is 2.82. The van der Waals surface area contributed by atoms with Crippen LogP contribution in [0.3, 0.4) is 0 Å². The fraction of sp³-hybridized carbons (Fsp3) is 0.600. The monoisotopic (exact) mass is 326 g/mol. The van der Waals surface area contributed by atoms with E-state index < -0.39 is 0 Å². The molecule has 0 amide bonds. The normalized spacial score (nSPS) is 13.5. The summed E-state index contributed by atoms with van der Waals surface area (Å²) in [6.07, 6.45) is 4.55. The summed E-state index contributed by atoms with van der Waals surface area (Å²) in [7, 11) is 0. The van der Waals surface area contributed by atoms with E-state index in [9.17, 15) is 0 Å². The molecule has 0 unspecified atom stereocenters. The molecule has 0 saturated heterocycles. The molecule has 0 fully saturated rings. The first-order valence-corrected chi connectivity index (χ1v) is 7.61. The van der Waals surface area contributed by atoms with Gasteiger partial charge in [-0.1, -0.05) is 55.2 Å². The Morgan fingerprint density at radius 1 is 1.00 bits per heavy atom. The molecule has 0 bridgehead atoms. The van der Waals surface area contributed by atoms with Gasteiger partial charge in [-0.25, -0.2) is 0 Å². The van der Waals surface area contributed by atoms with Crippen LogP contribution < -0.4 is 0 Å². The molecule has 0 aromatic heterocycles. The molecule has 0 aliphatic rings. The SMILES string of the molecule is CC(=CCSCC=C(C)CBr)CBr. The molecule has 13 heavy (non-hydrogen) atoms. The van der Waals surface area contributed by atoms with Gasteiger partial charge in [0.25, 0.3) is 0 Å². The van der Waals surface area contributed by atoms with Crippen LogP contribution in [0.25, 0.3) is 0 Å². The van der Waals surface area contributed by atoms with Crippen molar-refractivity contribution in [1.29, 1.82) is 0 Å². The Labute approximate surface area is 103 Å². The summed E-state index contributed by atoms with van der Waals surface area (Å²) in [5.74, 6) is 2.23. The highest BCUT2D eigenvalue weighted by atomic mass is 79.9. The van der Waals surface area contributed by atoms with Crippen molar-refractivity contribution in [2.45, 2.75) is 13.8 Å². The molecule has 0 aliphatic heterocycles. The second-order valence-electron chi connectivity index (χ2n) is 2.91. The highest BCUT2D eigenvalue weighted by molar-refractivity contribution is 9.09. The molecule has 0 spiro atoms. The molecule has 0 N–H and O–H groups in total. The lowest BCUT2D eigenvalue weighted by molar-refractivity contribution is 1.39. The van der Waals surface area contributed by atoms with Gasteiger partial charge in [-0.05, 0) is 13.8 Å². The zero-order valence-electron chi connectivity index (χ0n) is 8.15. The van der Waals surface area contributed by atoms with Gasteiger partial charge in [0.1, 0.15) is 0 Å². The lowest BCUT2D eigenvalue weighted by Crippen LogP contribution is -1.82. The molecule has 0 atom stereocenters. The number of hydrogen-bond donors (Lipinski definition) is 0. The zero-order chi connectivity index (χ0) is 10.1. The van der Waals surface area contributed by atoms with Crippen LogP contribution in [0.2, 0.25) is 0 Å². The highest BCUT2D eigenvalue weighted by Crippen LogP contribution is 2.07. The fourth-order valence-corrected chi connectivity index (χ4v) is 1.98. The van der Waals surface area contributed by atoms with Gasteiger partial charge in [0.2, 0.25) is 0 Å². The summed E-state index contributed by atoms with van der Waals surface area (Å²) in [4.78, 5) is 0. The maximum atomic E-state index is 3.42. The van der Waals surface area contributed by atoms with Crippen molar-refractivity contribution >= 4 is 43.6 Å². The van der Waals surface area contributed by atoms with Gasteiger partial charge in [-0.3, -0.25) is 0 Å². The van der Waals surface area contributed by atoms with E-state index in [1.165, 1.54) is 11.1 Å². The standard InChI is InChI=1S/C10H16Br2S/c1-9(7-11)3-5-13-6-4-10(2)8-12/h3-4H,5-8H2,1-2H3. The summed E-state index contributed by atoms with van der Waals surface area (Å²) in [6, 6.07) is 0. The predicted molar refractivity (Wildman–Crippen MR) is 72.4 cm³/mol. The average Bonchev–Trinajstić information content (AvgIpc) is 2.16. The lowest BCUT2D eigenvalue weighted by atomic mass is 10.3. The lowest BCUT2D eigenvalue weighted by Gasteiger charge is -1.96. The van der Waals surface area contributed by atoms with Crippen LogP contribution in [-0.4, -0.2) is 22.2 Å². The molecule has 0 saturated carbocycles. The minimum absolute atomic E-state index is 0.990. The topological polar surface area (TPSA) is 0 Å². The second kappa shape index (κ2) is 9.35. The van der Waals surface area contributed by atoms with Crippen LogP contribution >= 0.6 is 43.6 Å². The molecule has 0 radical (unpaired) electrons. The van der Waals surface area contributed by atoms with Crippen LogP contribution in [-0.2, 0) is 0 Å². The van der Waals surface area contributed by atoms with E-state index in [2.05, 4.69) is 57.9 Å². The van der Waals surface area contributed by atoms with Gasteiger partial charge in [-0.2, -0.15) is 11.8 Å². The quantitative estimate of drug-likeness (QED) is 0.396. The maximum Gasteiger partial charge on any atom is 0.0239 e. The van der Waals surface area contributed by atoms with Crippen LogP contribution in [0.1, 0.15) is 13.8 Å². The third-order valence-corrected chi connectivity index (χ3v) is 4.09. The number of allylic oxidation sites excluding steroid dienone is 2. The Hall–Kier alpha value is 0.790. The summed E-state index contributed by atoms with van der Waals surface area (Å²) in [5, 5.41) is 1.98. The molecule has 0 heterocycles. The van der Waals surface area contributed by atoms with E-state index in [4.69, 9.17) is 0 Å². The largest absolute Gasteiger partial charge is 0.154 e. The average molecular weight is 328 g/mol. The summed E-state index contributed by atoms with van der Waals surface area (Å²) >= 11 is 8.79. The number of alkyl halides is 2. The summed E-state index contributed by atoms with van der Waals surface area (Å²) in [6.45, 7) is 4.30. The zero-order valence-corrected chi connectivity index (χ0v) is 12.1. The van der Waals surface area contributed by atoms with E-state index in [1.54, 1.807) is 0 Å². The van der Waals surface area contributed by atoms with Crippen molar-refractivity contribution in [2.75, 3.05) is 22.2 Å². The smallest absolute Gasteiger partial charge is 0.0239 e. The number of hydrogen-bond acceptors (Lipinski definition) is 1. The molecular formula is C10H16Br2S. The highest BCUT2D eigenvalue weighted by Gasteiger charge is 1.87. The first kappa shape index (κ1) is 13.8. The first-order valence-electron chi connectivity index (χ1n) is 4.21. The number of halogens is 2. The summed E-state index contributed by atoms with van der Waals surface area (Å²) < 4.78 is 0. The maximum absolute atomic E-state index is 3.42. The molecule has 76 valence electrons. The van der Waals surface area contributed by atoms with Crippen molar-refractivity contribution in [2.24, 2.45) is 0 Å². The molecule has 0 aromatic rings. The van der Waals surface area contributed by atoms with Gasteiger partial charge in [-0.15, -0.1) is 0 Å². The Morgan fingerprint density at radius 2 is 1.38 bits per heavy atom. The van der Waals surface area contributed by atoms with Gasteiger partial charge < -0.3 is 0 Å². The van der Waals surface area contributed by atoms with Gasteiger partial charge in [0, 0.05) is 22.2 Å². The minimum atomic E-state index is 0.990. The van der Waals surface area contributed by atoms with E-state index in [-0.39, 0.29) is 0 Å². The number of rotatable bonds is 6. The molecule has 0 rings (SSSR count). The van der Waals surface area contributed by atoms with E-state index in [0.29, 0.717) is 0 Å². The van der Waals surface area contributed by atoms with Crippen molar-refractivity contribution in [3.8, 4) is 0 Å². The first-order chi connectivity index (χ1) is 6.20. The minimum Gasteiger partial charge on any atom is -0.154 e. The predicted octanol–water partition coefficient (Wildman–Crippen LogP) is 4.40. The van der Waals surface area contributed by atoms with Gasteiger partial charge in [0.05, 0.1) is 0 Å². The Bertz CT molecular complexity index is 165. The molecule has 0 aliphatic carbocycles.